The first-order valence-electron chi connectivity index (χ1n) is 10.9. The summed E-state index contributed by atoms with van der Waals surface area (Å²) in [6, 6.07) is 31.3. The second kappa shape index (κ2) is 10.8. The molecule has 4 aromatic rings. The van der Waals surface area contributed by atoms with Crippen LogP contribution in [0.25, 0.3) is 16.8 Å². The zero-order valence-electron chi connectivity index (χ0n) is 18.7. The molecule has 1 amide bonds. The average molecular weight is 511 g/mol. The molecule has 34 heavy (non-hydrogen) atoms. The molecule has 0 saturated heterocycles. The Morgan fingerprint density at radius 3 is 2.50 bits per heavy atom. The summed E-state index contributed by atoms with van der Waals surface area (Å²) in [6.45, 7) is 2.26. The lowest BCUT2D eigenvalue weighted by molar-refractivity contribution is -0.117. The SMILES string of the molecule is C[C@H](NC(=O)/C(C#N)=C\c1cc(Br)ccc1OCc1ccc2ccccc2c1)c1ccccc1. The number of nitrogens with one attached hydrogen (secondary N) is 1. The van der Waals surface area contributed by atoms with E-state index < -0.39 is 5.91 Å². The summed E-state index contributed by atoms with van der Waals surface area (Å²) in [4.78, 5) is 12.8. The lowest BCUT2D eigenvalue weighted by Crippen LogP contribution is -2.27. The molecule has 0 heterocycles. The minimum Gasteiger partial charge on any atom is -0.488 e. The fourth-order valence-electron chi connectivity index (χ4n) is 3.66. The Hall–Kier alpha value is -3.88. The zero-order chi connectivity index (χ0) is 23.9. The fourth-order valence-corrected chi connectivity index (χ4v) is 4.04. The Kier molecular flexibility index (Phi) is 7.41. The smallest absolute Gasteiger partial charge is 0.262 e. The highest BCUT2D eigenvalue weighted by Gasteiger charge is 2.15. The van der Waals surface area contributed by atoms with Crippen LogP contribution in [-0.2, 0) is 11.4 Å². The summed E-state index contributed by atoms with van der Waals surface area (Å²) < 4.78 is 6.92. The van der Waals surface area contributed by atoms with Gasteiger partial charge in [0.15, 0.2) is 0 Å². The van der Waals surface area contributed by atoms with Crippen LogP contribution in [0.5, 0.6) is 5.75 Å². The third-order valence-corrected chi connectivity index (χ3v) is 5.99. The van der Waals surface area contributed by atoms with Crippen LogP contribution >= 0.6 is 15.9 Å². The first-order chi connectivity index (χ1) is 16.5. The van der Waals surface area contributed by atoms with E-state index in [1.54, 1.807) is 6.08 Å². The number of nitrogens with zero attached hydrogens (tertiary/aromatic N) is 1. The lowest BCUT2D eigenvalue weighted by Gasteiger charge is -2.14. The van der Waals surface area contributed by atoms with Crippen molar-refractivity contribution in [2.45, 2.75) is 19.6 Å². The summed E-state index contributed by atoms with van der Waals surface area (Å²) in [5.74, 6) is 0.160. The maximum absolute atomic E-state index is 12.8. The standard InChI is InChI=1S/C29H23BrN2O2/c1-20(22-7-3-2-4-8-22)32-29(33)26(18-31)16-25-17-27(30)13-14-28(25)34-19-21-11-12-23-9-5-6-10-24(23)15-21/h2-17,20H,19H2,1H3,(H,32,33)/b26-16-/t20-/m0/s1. The van der Waals surface area contributed by atoms with Crippen molar-refractivity contribution in [3.8, 4) is 11.8 Å². The number of carbonyl (C=O) groups is 1. The second-order valence-corrected chi connectivity index (χ2v) is 8.84. The highest BCUT2D eigenvalue weighted by Crippen LogP contribution is 2.27. The van der Waals surface area contributed by atoms with Gasteiger partial charge in [0.05, 0.1) is 6.04 Å². The number of halogens is 1. The van der Waals surface area contributed by atoms with Gasteiger partial charge < -0.3 is 10.1 Å². The van der Waals surface area contributed by atoms with Crippen LogP contribution in [0.2, 0.25) is 0 Å². The Morgan fingerprint density at radius 2 is 1.74 bits per heavy atom. The van der Waals surface area contributed by atoms with Crippen LogP contribution in [0.4, 0.5) is 0 Å². The second-order valence-electron chi connectivity index (χ2n) is 7.93. The van der Waals surface area contributed by atoms with Crippen molar-refractivity contribution in [3.63, 3.8) is 0 Å². The maximum Gasteiger partial charge on any atom is 0.262 e. The number of ether oxygens (including phenoxy) is 1. The fraction of sp³-hybridized carbons (Fsp3) is 0.103. The highest BCUT2D eigenvalue weighted by atomic mass is 79.9. The van der Waals surface area contributed by atoms with Crippen LogP contribution < -0.4 is 10.1 Å². The number of amides is 1. The van der Waals surface area contributed by atoms with Crippen LogP contribution in [0.15, 0.2) is 101 Å². The van der Waals surface area contributed by atoms with Crippen molar-refractivity contribution >= 4 is 38.7 Å². The number of fused-ring (bicyclic) bond motifs is 1. The van der Waals surface area contributed by atoms with Crippen molar-refractivity contribution in [1.29, 1.82) is 5.26 Å². The van der Waals surface area contributed by atoms with Gasteiger partial charge in [0, 0.05) is 10.0 Å². The summed E-state index contributed by atoms with van der Waals surface area (Å²) in [5.41, 5.74) is 2.66. The summed E-state index contributed by atoms with van der Waals surface area (Å²) in [5, 5.41) is 14.9. The number of hydrogen-bond donors (Lipinski definition) is 1. The summed E-state index contributed by atoms with van der Waals surface area (Å²) in [6.07, 6.45) is 1.56. The molecule has 0 radical (unpaired) electrons. The predicted molar refractivity (Wildman–Crippen MR) is 139 cm³/mol. The molecule has 0 aromatic heterocycles. The van der Waals surface area contributed by atoms with Crippen molar-refractivity contribution < 1.29 is 9.53 Å². The van der Waals surface area contributed by atoms with E-state index in [9.17, 15) is 10.1 Å². The van der Waals surface area contributed by atoms with Gasteiger partial charge in [-0.1, -0.05) is 82.7 Å². The molecular formula is C29H23BrN2O2. The number of carbonyl (C=O) groups excluding carboxylic acids is 1. The maximum atomic E-state index is 12.8. The number of benzene rings is 4. The van der Waals surface area contributed by atoms with Gasteiger partial charge in [-0.3, -0.25) is 4.79 Å². The van der Waals surface area contributed by atoms with E-state index in [1.165, 1.54) is 5.39 Å². The van der Waals surface area contributed by atoms with Gasteiger partial charge in [-0.25, -0.2) is 0 Å². The minimum atomic E-state index is -0.431. The Bertz CT molecular complexity index is 1390. The zero-order valence-corrected chi connectivity index (χ0v) is 20.2. The van der Waals surface area contributed by atoms with Gasteiger partial charge in [-0.05, 0) is 59.2 Å². The van der Waals surface area contributed by atoms with Gasteiger partial charge in [0.2, 0.25) is 0 Å². The number of nitriles is 1. The molecule has 0 spiro atoms. The first kappa shape index (κ1) is 23.3. The van der Waals surface area contributed by atoms with Gasteiger partial charge in [0.25, 0.3) is 5.91 Å². The molecule has 0 bridgehead atoms. The lowest BCUT2D eigenvalue weighted by atomic mass is 10.1. The highest BCUT2D eigenvalue weighted by molar-refractivity contribution is 9.10. The van der Waals surface area contributed by atoms with E-state index in [0.29, 0.717) is 17.9 Å². The van der Waals surface area contributed by atoms with Gasteiger partial charge in [-0.2, -0.15) is 5.26 Å². The molecule has 5 heteroatoms. The Morgan fingerprint density at radius 1 is 1.00 bits per heavy atom. The van der Waals surface area contributed by atoms with E-state index in [4.69, 9.17) is 4.74 Å². The van der Waals surface area contributed by atoms with Gasteiger partial charge in [0.1, 0.15) is 24.0 Å². The van der Waals surface area contributed by atoms with E-state index in [0.717, 1.165) is 21.0 Å². The van der Waals surface area contributed by atoms with Gasteiger partial charge in [-0.15, -0.1) is 0 Å². The molecule has 4 aromatic carbocycles. The number of hydrogen-bond acceptors (Lipinski definition) is 3. The molecule has 1 N–H and O–H groups in total. The molecule has 168 valence electrons. The third kappa shape index (κ3) is 5.72. The van der Waals surface area contributed by atoms with Crippen LogP contribution in [0.3, 0.4) is 0 Å². The number of rotatable bonds is 7. The molecule has 4 rings (SSSR count). The average Bonchev–Trinajstić information content (AvgIpc) is 2.87. The Labute approximate surface area is 207 Å². The molecule has 1 atom stereocenters. The molecular weight excluding hydrogens is 488 g/mol. The Balaban J connectivity index is 1.53. The monoisotopic (exact) mass is 510 g/mol. The molecule has 0 saturated carbocycles. The molecule has 0 unspecified atom stereocenters. The van der Waals surface area contributed by atoms with Crippen molar-refractivity contribution in [2.75, 3.05) is 0 Å². The molecule has 0 aliphatic heterocycles. The summed E-state index contributed by atoms with van der Waals surface area (Å²) in [7, 11) is 0. The quantitative estimate of drug-likeness (QED) is 0.215. The predicted octanol–water partition coefficient (Wildman–Crippen LogP) is 6.97. The van der Waals surface area contributed by atoms with Crippen LogP contribution in [-0.4, -0.2) is 5.91 Å². The molecule has 0 fully saturated rings. The van der Waals surface area contributed by atoms with Crippen LogP contribution in [0.1, 0.15) is 29.7 Å². The third-order valence-electron chi connectivity index (χ3n) is 5.49. The van der Waals surface area contributed by atoms with E-state index in [-0.39, 0.29) is 11.6 Å². The molecule has 0 aliphatic rings. The van der Waals surface area contributed by atoms with E-state index >= 15 is 0 Å². The minimum absolute atomic E-state index is 0.0106. The van der Waals surface area contributed by atoms with Crippen molar-refractivity contribution in [3.05, 3.63) is 118 Å². The summed E-state index contributed by atoms with van der Waals surface area (Å²) >= 11 is 3.47. The topological polar surface area (TPSA) is 62.1 Å². The normalized spacial score (nSPS) is 12.1. The van der Waals surface area contributed by atoms with E-state index in [2.05, 4.69) is 45.5 Å². The van der Waals surface area contributed by atoms with Crippen LogP contribution in [0, 0.1) is 11.3 Å². The molecule has 4 nitrogen and oxygen atoms in total. The van der Waals surface area contributed by atoms with Crippen molar-refractivity contribution in [1.82, 2.24) is 5.32 Å². The largest absolute Gasteiger partial charge is 0.488 e. The van der Waals surface area contributed by atoms with Crippen molar-refractivity contribution in [2.24, 2.45) is 0 Å². The molecule has 0 aliphatic carbocycles. The first-order valence-corrected chi connectivity index (χ1v) is 11.7. The van der Waals surface area contributed by atoms with E-state index in [1.807, 2.05) is 79.7 Å². The van der Waals surface area contributed by atoms with Gasteiger partial charge >= 0.3 is 0 Å².